The minimum Gasteiger partial charge on any atom is -0.352 e. The van der Waals surface area contributed by atoms with Crippen molar-refractivity contribution in [2.24, 2.45) is 0 Å². The lowest BCUT2D eigenvalue weighted by Crippen LogP contribution is -2.25. The highest BCUT2D eigenvalue weighted by atomic mass is 16.1. The van der Waals surface area contributed by atoms with Gasteiger partial charge in [-0.25, -0.2) is 9.97 Å². The topological polar surface area (TPSA) is 108 Å². The van der Waals surface area contributed by atoms with E-state index in [1.807, 2.05) is 0 Å². The van der Waals surface area contributed by atoms with Crippen LogP contribution in [0.5, 0.6) is 0 Å². The van der Waals surface area contributed by atoms with E-state index >= 15 is 0 Å². The van der Waals surface area contributed by atoms with Gasteiger partial charge in [-0.1, -0.05) is 30.7 Å². The smallest absolute Gasteiger partial charge is 0.254 e. The van der Waals surface area contributed by atoms with E-state index in [4.69, 9.17) is 0 Å². The van der Waals surface area contributed by atoms with E-state index in [1.165, 1.54) is 11.1 Å². The highest BCUT2D eigenvalue weighted by Crippen LogP contribution is 2.23. The molecule has 1 aromatic carbocycles. The number of hydrogen-bond donors (Lipinski definition) is 3. The molecule has 0 aliphatic heterocycles. The zero-order valence-corrected chi connectivity index (χ0v) is 16.3. The summed E-state index contributed by atoms with van der Waals surface area (Å²) < 4.78 is 0. The standard InChI is InChI=1S/C21H25N7O/c29-20(22-9-5-1-2-8-18-14-25-28-27-18)17-12-23-21(24-13-17)26-19-10-15-6-3-4-7-16(15)11-19/h3-4,6-7,12-14,19H,1-2,5,8-11H2,(H,22,29)(H,23,24,26)(H,25,27,28). The van der Waals surface area contributed by atoms with E-state index in [2.05, 4.69) is 60.3 Å². The normalized spacial score (nSPS) is 13.2. The third kappa shape index (κ3) is 5.16. The van der Waals surface area contributed by atoms with Crippen molar-refractivity contribution >= 4 is 11.9 Å². The number of H-pyrrole nitrogens is 1. The van der Waals surface area contributed by atoms with Crippen LogP contribution in [0.4, 0.5) is 5.95 Å². The number of unbranched alkanes of at least 4 members (excludes halogenated alkanes) is 2. The number of aromatic nitrogens is 5. The summed E-state index contributed by atoms with van der Waals surface area (Å²) in [4.78, 5) is 20.9. The van der Waals surface area contributed by atoms with Crippen molar-refractivity contribution in [1.29, 1.82) is 0 Å². The summed E-state index contributed by atoms with van der Waals surface area (Å²) in [5.41, 5.74) is 4.21. The Bertz CT molecular complexity index is 899. The van der Waals surface area contributed by atoms with Crippen LogP contribution < -0.4 is 10.6 Å². The van der Waals surface area contributed by atoms with Crippen LogP contribution >= 0.6 is 0 Å². The monoisotopic (exact) mass is 391 g/mol. The van der Waals surface area contributed by atoms with Gasteiger partial charge in [-0.2, -0.15) is 15.4 Å². The molecule has 1 amide bonds. The molecule has 29 heavy (non-hydrogen) atoms. The van der Waals surface area contributed by atoms with E-state index in [9.17, 15) is 4.79 Å². The fourth-order valence-corrected chi connectivity index (χ4v) is 3.62. The molecule has 0 saturated carbocycles. The Labute approximate surface area is 169 Å². The Morgan fingerprint density at radius 3 is 2.48 bits per heavy atom. The summed E-state index contributed by atoms with van der Waals surface area (Å²) in [6.45, 7) is 0.637. The molecule has 0 saturated heterocycles. The molecule has 2 heterocycles. The quantitative estimate of drug-likeness (QED) is 0.483. The molecule has 8 heteroatoms. The zero-order valence-electron chi connectivity index (χ0n) is 16.3. The maximum atomic E-state index is 12.2. The lowest BCUT2D eigenvalue weighted by atomic mass is 10.1. The van der Waals surface area contributed by atoms with Crippen LogP contribution in [0, 0.1) is 0 Å². The summed E-state index contributed by atoms with van der Waals surface area (Å²) in [7, 11) is 0. The number of anilines is 1. The molecule has 0 atom stereocenters. The Morgan fingerprint density at radius 1 is 1.03 bits per heavy atom. The van der Waals surface area contributed by atoms with Gasteiger partial charge in [-0.15, -0.1) is 0 Å². The van der Waals surface area contributed by atoms with Gasteiger partial charge in [-0.3, -0.25) is 4.79 Å². The second kappa shape index (κ2) is 9.27. The number of nitrogens with one attached hydrogen (secondary N) is 3. The van der Waals surface area contributed by atoms with Gasteiger partial charge in [0.1, 0.15) is 0 Å². The van der Waals surface area contributed by atoms with Crippen molar-refractivity contribution in [2.75, 3.05) is 11.9 Å². The van der Waals surface area contributed by atoms with E-state index < -0.39 is 0 Å². The molecule has 0 fully saturated rings. The molecule has 3 N–H and O–H groups in total. The van der Waals surface area contributed by atoms with Crippen molar-refractivity contribution in [3.8, 4) is 0 Å². The summed E-state index contributed by atoms with van der Waals surface area (Å²) in [6.07, 6.45) is 10.7. The SMILES string of the molecule is O=C(NCCCCCc1cn[nH]n1)c1cnc(NC2Cc3ccccc3C2)nc1. The van der Waals surface area contributed by atoms with Gasteiger partial charge in [-0.05, 0) is 43.2 Å². The van der Waals surface area contributed by atoms with Crippen LogP contribution in [0.2, 0.25) is 0 Å². The highest BCUT2D eigenvalue weighted by molar-refractivity contribution is 5.93. The molecule has 0 radical (unpaired) electrons. The highest BCUT2D eigenvalue weighted by Gasteiger charge is 2.21. The first-order valence-electron chi connectivity index (χ1n) is 10.1. The van der Waals surface area contributed by atoms with E-state index in [-0.39, 0.29) is 5.91 Å². The van der Waals surface area contributed by atoms with Gasteiger partial charge in [0.25, 0.3) is 5.91 Å². The molecule has 4 rings (SSSR count). The third-order valence-corrected chi connectivity index (χ3v) is 5.16. The Kier molecular flexibility index (Phi) is 6.09. The molecule has 0 unspecified atom stereocenters. The first-order valence-corrected chi connectivity index (χ1v) is 10.1. The van der Waals surface area contributed by atoms with Gasteiger partial charge in [0, 0.05) is 25.0 Å². The summed E-state index contributed by atoms with van der Waals surface area (Å²) in [5, 5.41) is 16.7. The molecule has 8 nitrogen and oxygen atoms in total. The van der Waals surface area contributed by atoms with E-state index in [0.717, 1.165) is 44.2 Å². The maximum absolute atomic E-state index is 12.2. The fourth-order valence-electron chi connectivity index (χ4n) is 3.62. The van der Waals surface area contributed by atoms with Crippen LogP contribution in [-0.4, -0.2) is 43.9 Å². The third-order valence-electron chi connectivity index (χ3n) is 5.16. The van der Waals surface area contributed by atoms with Crippen LogP contribution in [0.1, 0.15) is 46.4 Å². The van der Waals surface area contributed by atoms with Crippen molar-refractivity contribution in [2.45, 2.75) is 44.6 Å². The van der Waals surface area contributed by atoms with Gasteiger partial charge in [0.15, 0.2) is 0 Å². The van der Waals surface area contributed by atoms with E-state index in [0.29, 0.717) is 24.1 Å². The molecular weight excluding hydrogens is 366 g/mol. The number of hydrogen-bond acceptors (Lipinski definition) is 6. The number of aromatic amines is 1. The number of amides is 1. The molecule has 1 aliphatic rings. The van der Waals surface area contributed by atoms with Gasteiger partial charge in [0.2, 0.25) is 5.95 Å². The number of nitrogens with zero attached hydrogens (tertiary/aromatic N) is 4. The lowest BCUT2D eigenvalue weighted by molar-refractivity contribution is 0.0952. The second-order valence-electron chi connectivity index (χ2n) is 7.34. The fraction of sp³-hybridized carbons (Fsp3) is 0.381. The summed E-state index contributed by atoms with van der Waals surface area (Å²) in [6, 6.07) is 8.77. The van der Waals surface area contributed by atoms with Crippen molar-refractivity contribution in [1.82, 2.24) is 30.7 Å². The lowest BCUT2D eigenvalue weighted by Gasteiger charge is -2.12. The van der Waals surface area contributed by atoms with Crippen molar-refractivity contribution < 1.29 is 4.79 Å². The van der Waals surface area contributed by atoms with Crippen LogP contribution in [0.25, 0.3) is 0 Å². The van der Waals surface area contributed by atoms with Crippen molar-refractivity contribution in [3.63, 3.8) is 0 Å². The largest absolute Gasteiger partial charge is 0.352 e. The molecule has 3 aromatic rings. The molecule has 150 valence electrons. The van der Waals surface area contributed by atoms with Gasteiger partial charge < -0.3 is 10.6 Å². The first kappa shape index (κ1) is 19.0. The summed E-state index contributed by atoms with van der Waals surface area (Å²) in [5.74, 6) is 0.425. The minimum absolute atomic E-state index is 0.138. The van der Waals surface area contributed by atoms with Crippen molar-refractivity contribution in [3.05, 3.63) is 65.2 Å². The number of benzene rings is 1. The Morgan fingerprint density at radius 2 is 1.79 bits per heavy atom. The minimum atomic E-state index is -0.138. The molecule has 0 spiro atoms. The summed E-state index contributed by atoms with van der Waals surface area (Å²) >= 11 is 0. The molecule has 1 aliphatic carbocycles. The second-order valence-corrected chi connectivity index (χ2v) is 7.34. The maximum Gasteiger partial charge on any atom is 0.254 e. The van der Waals surface area contributed by atoms with Gasteiger partial charge >= 0.3 is 0 Å². The number of fused-ring (bicyclic) bond motifs is 1. The van der Waals surface area contributed by atoms with Gasteiger partial charge in [0.05, 0.1) is 17.5 Å². The average Bonchev–Trinajstić information content (AvgIpc) is 3.40. The first-order chi connectivity index (χ1) is 14.3. The average molecular weight is 391 g/mol. The van der Waals surface area contributed by atoms with Crippen LogP contribution in [0.3, 0.4) is 0 Å². The predicted molar refractivity (Wildman–Crippen MR) is 110 cm³/mol. The van der Waals surface area contributed by atoms with Crippen LogP contribution in [0.15, 0.2) is 42.9 Å². The number of carbonyl (C=O) groups excluding carboxylic acids is 1. The molecule has 0 bridgehead atoms. The van der Waals surface area contributed by atoms with E-state index in [1.54, 1.807) is 18.6 Å². The molecule has 2 aromatic heterocycles. The number of rotatable bonds is 9. The molecular formula is C21H25N7O. The number of carbonyl (C=O) groups is 1. The Hall–Kier alpha value is -3.29. The zero-order chi connectivity index (χ0) is 19.9. The number of aryl methyl sites for hydroxylation is 1. The van der Waals surface area contributed by atoms with Crippen LogP contribution in [-0.2, 0) is 19.3 Å². The Balaban J connectivity index is 1.16. The predicted octanol–water partition coefficient (Wildman–Crippen LogP) is 2.32.